The van der Waals surface area contributed by atoms with Crippen LogP contribution in [0.2, 0.25) is 0 Å². The Hall–Kier alpha value is -1.17. The summed E-state index contributed by atoms with van der Waals surface area (Å²) in [6.45, 7) is 4.35. The van der Waals surface area contributed by atoms with Crippen LogP contribution >= 0.6 is 8.15 Å². The summed E-state index contributed by atoms with van der Waals surface area (Å²) < 4.78 is 0. The Morgan fingerprint density at radius 2 is 1.23 bits per heavy atom. The molecule has 35 heavy (non-hydrogen) atoms. The van der Waals surface area contributed by atoms with Crippen molar-refractivity contribution in [2.24, 2.45) is 0 Å². The summed E-state index contributed by atoms with van der Waals surface area (Å²) in [6, 6.07) is -0.668. The topological polar surface area (TPSA) is 113 Å². The summed E-state index contributed by atoms with van der Waals surface area (Å²) in [4.78, 5) is 58.6. The molecule has 1 amide bonds. The van der Waals surface area contributed by atoms with Crippen molar-refractivity contribution in [2.45, 2.75) is 135 Å². The van der Waals surface area contributed by atoms with Crippen molar-refractivity contribution in [1.82, 2.24) is 10.6 Å². The van der Waals surface area contributed by atoms with Crippen molar-refractivity contribution < 1.29 is 24.1 Å². The third kappa shape index (κ3) is 20.7. The van der Waals surface area contributed by atoms with Gasteiger partial charge in [0.15, 0.2) is 19.2 Å². The molecule has 0 saturated carbocycles. The predicted molar refractivity (Wildman–Crippen MR) is 144 cm³/mol. The number of hydrogen-bond acceptors (Lipinski definition) is 6. The standard InChI is InChI=1S/C27H51N2O5P/c1-4-5-6-7-8-9-10-11-12-13-14-15-18-25(31)21-24(29-23(2)30)22-27(33)35(34)26(32)19-16-17-20-28-3/h24,28,34H,4-22H2,1-3H3,(H,29,30). The minimum Gasteiger partial charge on any atom is -0.360 e. The lowest BCUT2D eigenvalue weighted by Crippen LogP contribution is -2.36. The molecule has 0 aliphatic carbocycles. The maximum Gasteiger partial charge on any atom is 0.217 e. The van der Waals surface area contributed by atoms with Gasteiger partial charge < -0.3 is 15.5 Å². The Bertz CT molecular complexity index is 600. The molecule has 0 aromatic rings. The number of amides is 1. The van der Waals surface area contributed by atoms with Crippen LogP contribution < -0.4 is 10.6 Å². The van der Waals surface area contributed by atoms with Crippen molar-refractivity contribution in [1.29, 1.82) is 0 Å². The number of carbonyl (C=O) groups is 4. The molecule has 0 bridgehead atoms. The Morgan fingerprint density at radius 1 is 0.714 bits per heavy atom. The predicted octanol–water partition coefficient (Wildman–Crippen LogP) is 5.76. The lowest BCUT2D eigenvalue weighted by Gasteiger charge is -2.18. The quantitative estimate of drug-likeness (QED) is 0.105. The van der Waals surface area contributed by atoms with Crippen molar-refractivity contribution in [2.75, 3.05) is 13.6 Å². The van der Waals surface area contributed by atoms with Crippen LogP contribution in [0.15, 0.2) is 0 Å². The molecule has 0 heterocycles. The van der Waals surface area contributed by atoms with E-state index in [0.29, 0.717) is 12.8 Å². The van der Waals surface area contributed by atoms with Crippen LogP contribution in [-0.4, -0.2) is 47.3 Å². The first-order chi connectivity index (χ1) is 16.8. The van der Waals surface area contributed by atoms with Crippen LogP contribution in [0.1, 0.15) is 129 Å². The van der Waals surface area contributed by atoms with Gasteiger partial charge in [0.25, 0.3) is 0 Å². The molecule has 0 aliphatic heterocycles. The highest BCUT2D eigenvalue weighted by Crippen LogP contribution is 2.36. The average Bonchev–Trinajstić information content (AvgIpc) is 2.81. The molecular formula is C27H51N2O5P. The van der Waals surface area contributed by atoms with Gasteiger partial charge >= 0.3 is 0 Å². The van der Waals surface area contributed by atoms with E-state index < -0.39 is 25.2 Å². The molecule has 0 radical (unpaired) electrons. The highest BCUT2D eigenvalue weighted by Gasteiger charge is 2.27. The summed E-state index contributed by atoms with van der Waals surface area (Å²) in [7, 11) is -0.569. The normalized spacial score (nSPS) is 12.8. The van der Waals surface area contributed by atoms with Gasteiger partial charge in [-0.1, -0.05) is 77.6 Å². The maximum absolute atomic E-state index is 12.4. The van der Waals surface area contributed by atoms with Gasteiger partial charge in [0.2, 0.25) is 5.91 Å². The zero-order valence-corrected chi connectivity index (χ0v) is 23.4. The van der Waals surface area contributed by atoms with Gasteiger partial charge in [-0.3, -0.25) is 19.2 Å². The summed E-state index contributed by atoms with van der Waals surface area (Å²) in [5, 5.41) is 5.63. The van der Waals surface area contributed by atoms with Crippen molar-refractivity contribution in [3.8, 4) is 0 Å². The Morgan fingerprint density at radius 3 is 1.74 bits per heavy atom. The first-order valence-electron chi connectivity index (χ1n) is 13.8. The molecule has 0 aromatic heterocycles. The molecule has 0 aliphatic rings. The Kier molecular flexibility index (Phi) is 22.5. The van der Waals surface area contributed by atoms with Crippen LogP contribution in [0, 0.1) is 0 Å². The van der Waals surface area contributed by atoms with Gasteiger partial charge in [-0.2, -0.15) is 0 Å². The molecule has 2 unspecified atom stereocenters. The van der Waals surface area contributed by atoms with E-state index >= 15 is 0 Å². The van der Waals surface area contributed by atoms with Gasteiger partial charge in [0.1, 0.15) is 5.78 Å². The first kappa shape index (κ1) is 33.8. The van der Waals surface area contributed by atoms with E-state index in [4.69, 9.17) is 0 Å². The van der Waals surface area contributed by atoms with Crippen LogP contribution in [0.3, 0.4) is 0 Å². The van der Waals surface area contributed by atoms with Crippen molar-refractivity contribution in [3.05, 3.63) is 0 Å². The summed E-state index contributed by atoms with van der Waals surface area (Å²) in [5.74, 6) is -0.328. The minimum atomic E-state index is -2.39. The number of unbranched alkanes of at least 4 members (excludes halogenated alkanes) is 12. The monoisotopic (exact) mass is 514 g/mol. The van der Waals surface area contributed by atoms with Gasteiger partial charge in [-0.05, 0) is 32.9 Å². The second-order valence-electron chi connectivity index (χ2n) is 9.64. The smallest absolute Gasteiger partial charge is 0.217 e. The number of carbonyl (C=O) groups excluding carboxylic acids is 4. The molecule has 8 heteroatoms. The summed E-state index contributed by atoms with van der Waals surface area (Å²) >= 11 is 0. The Labute approximate surface area is 214 Å². The number of rotatable bonds is 25. The van der Waals surface area contributed by atoms with Crippen molar-refractivity contribution >= 4 is 30.9 Å². The molecule has 0 saturated heterocycles. The molecule has 0 rings (SSSR count). The van der Waals surface area contributed by atoms with Crippen molar-refractivity contribution in [3.63, 3.8) is 0 Å². The van der Waals surface area contributed by atoms with Gasteiger partial charge in [0.05, 0.1) is 0 Å². The molecule has 3 N–H and O–H groups in total. The van der Waals surface area contributed by atoms with Crippen LogP contribution in [-0.2, 0) is 19.2 Å². The van der Waals surface area contributed by atoms with E-state index in [0.717, 1.165) is 32.2 Å². The number of Topliss-reactive ketones (excluding diaryl/α,β-unsaturated/α-hetero) is 1. The lowest BCUT2D eigenvalue weighted by molar-refractivity contribution is -0.122. The highest BCUT2D eigenvalue weighted by atomic mass is 31.1. The summed E-state index contributed by atoms with van der Waals surface area (Å²) in [5.41, 5.74) is -1.01. The summed E-state index contributed by atoms with van der Waals surface area (Å²) in [6.07, 6.45) is 16.6. The first-order valence-corrected chi connectivity index (χ1v) is 15.1. The number of ketones is 1. The SMILES string of the molecule is CCCCCCCCCCCCCCC(=O)CC(CC(=O)P(O)C(=O)CCCCNC)NC(C)=O. The largest absolute Gasteiger partial charge is 0.360 e. The number of hydrogen-bond donors (Lipinski definition) is 3. The van der Waals surface area contributed by atoms with E-state index in [1.165, 1.54) is 64.7 Å². The number of nitrogens with one attached hydrogen (secondary N) is 2. The van der Waals surface area contributed by atoms with Gasteiger partial charge in [-0.15, -0.1) is 0 Å². The zero-order valence-electron chi connectivity index (χ0n) is 22.5. The fraction of sp³-hybridized carbons (Fsp3) is 0.852. The fourth-order valence-corrected chi connectivity index (χ4v) is 5.16. The third-order valence-electron chi connectivity index (χ3n) is 6.15. The maximum atomic E-state index is 12.4. The van der Waals surface area contributed by atoms with E-state index in [9.17, 15) is 24.1 Å². The molecule has 7 nitrogen and oxygen atoms in total. The van der Waals surface area contributed by atoms with Crippen LogP contribution in [0.5, 0.6) is 0 Å². The van der Waals surface area contributed by atoms with E-state index in [-0.39, 0.29) is 31.0 Å². The molecular weight excluding hydrogens is 463 g/mol. The van der Waals surface area contributed by atoms with E-state index in [1.807, 2.05) is 7.05 Å². The van der Waals surface area contributed by atoms with Crippen LogP contribution in [0.4, 0.5) is 0 Å². The zero-order chi connectivity index (χ0) is 26.3. The molecule has 0 aromatic carbocycles. The van der Waals surface area contributed by atoms with Crippen LogP contribution in [0.25, 0.3) is 0 Å². The molecule has 0 spiro atoms. The molecule has 2 atom stereocenters. The molecule has 204 valence electrons. The second-order valence-corrected chi connectivity index (χ2v) is 11.3. The second kappa shape index (κ2) is 23.2. The Balaban J connectivity index is 4.13. The lowest BCUT2D eigenvalue weighted by atomic mass is 10.0. The minimum absolute atomic E-state index is 0.00397. The van der Waals surface area contributed by atoms with E-state index in [1.54, 1.807) is 0 Å². The van der Waals surface area contributed by atoms with Gasteiger partial charge in [-0.25, -0.2) is 0 Å². The average molecular weight is 515 g/mol. The fourth-order valence-electron chi connectivity index (χ4n) is 4.12. The highest BCUT2D eigenvalue weighted by molar-refractivity contribution is 7.84. The third-order valence-corrected chi connectivity index (χ3v) is 7.50. The molecule has 0 fully saturated rings. The van der Waals surface area contributed by atoms with Gasteiger partial charge in [0, 0.05) is 38.6 Å². The van der Waals surface area contributed by atoms with E-state index in [2.05, 4.69) is 17.6 Å².